The second-order valence-electron chi connectivity index (χ2n) is 6.68. The molecule has 3 aromatic carbocycles. The predicted octanol–water partition coefficient (Wildman–Crippen LogP) is 5.20. The second kappa shape index (κ2) is 8.72. The number of carbonyl (C=O) groups is 1. The van der Waals surface area contributed by atoms with Gasteiger partial charge in [-0.1, -0.05) is 67.9 Å². The molecule has 0 saturated carbocycles. The fourth-order valence-electron chi connectivity index (χ4n) is 3.36. The van der Waals surface area contributed by atoms with Crippen LogP contribution < -0.4 is 0 Å². The highest BCUT2D eigenvalue weighted by Crippen LogP contribution is 2.41. The van der Waals surface area contributed by atoms with E-state index < -0.39 is 11.6 Å². The van der Waals surface area contributed by atoms with Gasteiger partial charge in [0.1, 0.15) is 11.4 Å². The Balaban J connectivity index is 2.24. The number of phenols is 1. The van der Waals surface area contributed by atoms with Crippen LogP contribution in [-0.2, 0) is 10.3 Å². The third kappa shape index (κ3) is 3.92. The minimum atomic E-state index is -0.971. The predicted molar refractivity (Wildman–Crippen MR) is 109 cm³/mol. The summed E-state index contributed by atoms with van der Waals surface area (Å²) in [6, 6.07) is 23.6. The second-order valence-corrected chi connectivity index (χ2v) is 6.68. The highest BCUT2D eigenvalue weighted by Gasteiger charge is 2.37. The fraction of sp³-hybridized carbons (Fsp3) is 0.208. The van der Waals surface area contributed by atoms with Crippen LogP contribution >= 0.6 is 0 Å². The van der Waals surface area contributed by atoms with Gasteiger partial charge in [0.2, 0.25) is 0 Å². The Morgan fingerprint density at radius 2 is 1.54 bits per heavy atom. The van der Waals surface area contributed by atoms with E-state index in [0.29, 0.717) is 6.61 Å². The maximum absolute atomic E-state index is 11.3. The zero-order chi connectivity index (χ0) is 20.0. The first-order valence-electron chi connectivity index (χ1n) is 9.40. The van der Waals surface area contributed by atoms with Gasteiger partial charge in [-0.15, -0.1) is 0 Å². The number of carboxylic acid groups (broad SMARTS) is 1. The topological polar surface area (TPSA) is 66.8 Å². The number of benzene rings is 3. The summed E-state index contributed by atoms with van der Waals surface area (Å²) in [5.41, 5.74) is 1.78. The number of aromatic carboxylic acids is 1. The summed E-state index contributed by atoms with van der Waals surface area (Å²) in [4.78, 5) is 11.3. The van der Waals surface area contributed by atoms with Crippen molar-refractivity contribution in [3.63, 3.8) is 0 Å². The van der Waals surface area contributed by atoms with Crippen molar-refractivity contribution in [3.05, 3.63) is 101 Å². The molecule has 144 valence electrons. The minimum Gasteiger partial charge on any atom is -0.508 e. The molecular formula is C24H24O4. The molecule has 0 spiro atoms. The van der Waals surface area contributed by atoms with E-state index in [1.54, 1.807) is 42.5 Å². The molecule has 4 heteroatoms. The molecule has 0 amide bonds. The molecule has 0 fully saturated rings. The molecule has 3 aromatic rings. The van der Waals surface area contributed by atoms with E-state index >= 15 is 0 Å². The summed E-state index contributed by atoms with van der Waals surface area (Å²) in [6.45, 7) is 2.63. The molecule has 3 rings (SSSR count). The quantitative estimate of drug-likeness (QED) is 0.419. The van der Waals surface area contributed by atoms with Crippen LogP contribution in [0.15, 0.2) is 78.9 Å². The number of ether oxygens (including phenoxy) is 1. The molecule has 0 bridgehead atoms. The summed E-state index contributed by atoms with van der Waals surface area (Å²) < 4.78 is 6.53. The molecule has 0 aliphatic rings. The third-order valence-electron chi connectivity index (χ3n) is 4.79. The number of aromatic hydroxyl groups is 1. The van der Waals surface area contributed by atoms with E-state index in [1.165, 1.54) is 0 Å². The third-order valence-corrected chi connectivity index (χ3v) is 4.79. The average molecular weight is 376 g/mol. The van der Waals surface area contributed by atoms with E-state index in [9.17, 15) is 15.0 Å². The van der Waals surface area contributed by atoms with Crippen molar-refractivity contribution in [2.75, 3.05) is 6.61 Å². The van der Waals surface area contributed by atoms with Crippen LogP contribution in [-0.4, -0.2) is 22.8 Å². The van der Waals surface area contributed by atoms with Crippen molar-refractivity contribution in [2.24, 2.45) is 0 Å². The van der Waals surface area contributed by atoms with Crippen molar-refractivity contribution in [2.45, 2.75) is 25.4 Å². The lowest BCUT2D eigenvalue weighted by molar-refractivity contribution is 0.0111. The normalized spacial score (nSPS) is 13.0. The van der Waals surface area contributed by atoms with Gasteiger partial charge in [-0.2, -0.15) is 0 Å². The standard InChI is InChI=1S/C24H24O4/c1-2-3-16-28-24(19-8-5-4-6-9-19,21-10-7-11-22(25)17-21)20-14-12-18(13-15-20)23(26)27/h4-15,17,25H,2-3,16H2,1H3,(H,26,27). The monoisotopic (exact) mass is 376 g/mol. The Hall–Kier alpha value is -3.11. The summed E-state index contributed by atoms with van der Waals surface area (Å²) in [6.07, 6.45) is 1.88. The van der Waals surface area contributed by atoms with Gasteiger partial charge in [0.05, 0.1) is 5.56 Å². The lowest BCUT2D eigenvalue weighted by Gasteiger charge is -2.36. The Bertz CT molecular complexity index is 919. The summed E-state index contributed by atoms with van der Waals surface area (Å²) in [5, 5.41) is 19.4. The Morgan fingerprint density at radius 3 is 2.14 bits per heavy atom. The molecule has 28 heavy (non-hydrogen) atoms. The summed E-state index contributed by atoms with van der Waals surface area (Å²) >= 11 is 0. The Labute approximate surface area is 165 Å². The van der Waals surface area contributed by atoms with Crippen LogP contribution in [0.4, 0.5) is 0 Å². The zero-order valence-corrected chi connectivity index (χ0v) is 15.8. The van der Waals surface area contributed by atoms with Crippen LogP contribution in [0.3, 0.4) is 0 Å². The molecule has 0 aromatic heterocycles. The van der Waals surface area contributed by atoms with Crippen molar-refractivity contribution in [3.8, 4) is 5.75 Å². The van der Waals surface area contributed by atoms with Gasteiger partial charge in [0.15, 0.2) is 0 Å². The molecule has 0 aliphatic carbocycles. The maximum atomic E-state index is 11.3. The lowest BCUT2D eigenvalue weighted by Crippen LogP contribution is -2.33. The first kappa shape index (κ1) is 19.6. The van der Waals surface area contributed by atoms with Crippen LogP contribution in [0.1, 0.15) is 46.8 Å². The SMILES string of the molecule is CCCCOC(c1ccccc1)(c1ccc(C(=O)O)cc1)c1cccc(O)c1. The number of rotatable bonds is 8. The molecule has 0 aliphatic heterocycles. The van der Waals surface area contributed by atoms with Crippen LogP contribution in [0.25, 0.3) is 0 Å². The van der Waals surface area contributed by atoms with Crippen molar-refractivity contribution in [1.29, 1.82) is 0 Å². The van der Waals surface area contributed by atoms with Crippen molar-refractivity contribution >= 4 is 5.97 Å². The van der Waals surface area contributed by atoms with Crippen LogP contribution in [0, 0.1) is 0 Å². The largest absolute Gasteiger partial charge is 0.508 e. The first-order valence-corrected chi connectivity index (χ1v) is 9.40. The van der Waals surface area contributed by atoms with E-state index in [-0.39, 0.29) is 11.3 Å². The number of carboxylic acids is 1. The molecule has 1 atom stereocenters. The minimum absolute atomic E-state index is 0.152. The Morgan fingerprint density at radius 1 is 0.893 bits per heavy atom. The van der Waals surface area contributed by atoms with Gasteiger partial charge in [-0.25, -0.2) is 4.79 Å². The summed E-state index contributed by atoms with van der Waals surface area (Å²) in [7, 11) is 0. The number of phenolic OH excluding ortho intramolecular Hbond substituents is 1. The smallest absolute Gasteiger partial charge is 0.335 e. The molecule has 0 saturated heterocycles. The Kier molecular flexibility index (Phi) is 6.12. The van der Waals surface area contributed by atoms with Gasteiger partial charge in [0.25, 0.3) is 0 Å². The molecule has 4 nitrogen and oxygen atoms in total. The van der Waals surface area contributed by atoms with Gasteiger partial charge in [-0.05, 0) is 47.4 Å². The highest BCUT2D eigenvalue weighted by atomic mass is 16.5. The van der Waals surface area contributed by atoms with Gasteiger partial charge < -0.3 is 14.9 Å². The number of hydrogen-bond acceptors (Lipinski definition) is 3. The van der Waals surface area contributed by atoms with Gasteiger partial charge in [-0.3, -0.25) is 0 Å². The van der Waals surface area contributed by atoms with E-state index in [2.05, 4.69) is 6.92 Å². The van der Waals surface area contributed by atoms with Crippen molar-refractivity contribution in [1.82, 2.24) is 0 Å². The van der Waals surface area contributed by atoms with Gasteiger partial charge >= 0.3 is 5.97 Å². The van der Waals surface area contributed by atoms with Crippen LogP contribution in [0.2, 0.25) is 0 Å². The van der Waals surface area contributed by atoms with Crippen molar-refractivity contribution < 1.29 is 19.7 Å². The first-order chi connectivity index (χ1) is 13.6. The van der Waals surface area contributed by atoms with E-state index in [0.717, 1.165) is 29.5 Å². The van der Waals surface area contributed by atoms with E-state index in [4.69, 9.17) is 4.74 Å². The fourth-order valence-corrected chi connectivity index (χ4v) is 3.36. The molecule has 1 unspecified atom stereocenters. The van der Waals surface area contributed by atoms with E-state index in [1.807, 2.05) is 36.4 Å². The maximum Gasteiger partial charge on any atom is 0.335 e. The number of unbranched alkanes of at least 4 members (excludes halogenated alkanes) is 1. The molecular weight excluding hydrogens is 352 g/mol. The lowest BCUT2D eigenvalue weighted by atomic mass is 9.79. The number of hydrogen-bond donors (Lipinski definition) is 2. The highest BCUT2D eigenvalue weighted by molar-refractivity contribution is 5.87. The summed E-state index contributed by atoms with van der Waals surface area (Å²) in [5.74, 6) is -0.819. The molecule has 0 heterocycles. The molecule has 2 N–H and O–H groups in total. The average Bonchev–Trinajstić information content (AvgIpc) is 2.72. The van der Waals surface area contributed by atoms with Crippen LogP contribution in [0.5, 0.6) is 5.75 Å². The zero-order valence-electron chi connectivity index (χ0n) is 15.8. The molecule has 0 radical (unpaired) electrons. The van der Waals surface area contributed by atoms with Gasteiger partial charge in [0, 0.05) is 6.61 Å².